The number of hydrogen-bond donors (Lipinski definition) is 1. The molecule has 1 heterocycles. The van der Waals surface area contributed by atoms with Crippen LogP contribution in [0.5, 0.6) is 11.5 Å². The summed E-state index contributed by atoms with van der Waals surface area (Å²) in [5, 5.41) is 3.73. The van der Waals surface area contributed by atoms with E-state index in [9.17, 15) is 0 Å². The van der Waals surface area contributed by atoms with Crippen molar-refractivity contribution >= 4 is 0 Å². The molecule has 0 radical (unpaired) electrons. The Labute approximate surface area is 128 Å². The first-order valence-electron chi connectivity index (χ1n) is 8.47. The Morgan fingerprint density at radius 2 is 1.95 bits per heavy atom. The van der Waals surface area contributed by atoms with Crippen LogP contribution in [0, 0.1) is 5.92 Å². The Morgan fingerprint density at radius 3 is 2.81 bits per heavy atom. The molecule has 2 aliphatic rings. The second-order valence-corrected chi connectivity index (χ2v) is 6.35. The summed E-state index contributed by atoms with van der Waals surface area (Å²) in [5.41, 5.74) is 1.29. The zero-order valence-electron chi connectivity index (χ0n) is 13.1. The number of rotatable bonds is 4. The van der Waals surface area contributed by atoms with E-state index in [1.54, 1.807) is 0 Å². The predicted octanol–water partition coefficient (Wildman–Crippen LogP) is 3.91. The smallest absolute Gasteiger partial charge is 0.161 e. The van der Waals surface area contributed by atoms with Crippen LogP contribution in [0.1, 0.15) is 51.0 Å². The quantitative estimate of drug-likeness (QED) is 0.911. The Morgan fingerprint density at radius 1 is 1.10 bits per heavy atom. The van der Waals surface area contributed by atoms with E-state index >= 15 is 0 Å². The van der Waals surface area contributed by atoms with Crippen molar-refractivity contribution in [3.05, 3.63) is 23.8 Å². The third-order valence-corrected chi connectivity index (χ3v) is 4.77. The number of fused-ring (bicyclic) bond motifs is 1. The summed E-state index contributed by atoms with van der Waals surface area (Å²) in [6, 6.07) is 7.02. The maximum atomic E-state index is 5.76. The van der Waals surface area contributed by atoms with Gasteiger partial charge in [-0.1, -0.05) is 32.3 Å². The first-order chi connectivity index (χ1) is 10.3. The summed E-state index contributed by atoms with van der Waals surface area (Å²) in [6.07, 6.45) is 7.73. The van der Waals surface area contributed by atoms with Crippen molar-refractivity contribution in [3.8, 4) is 11.5 Å². The fourth-order valence-corrected chi connectivity index (χ4v) is 3.43. The van der Waals surface area contributed by atoms with Crippen molar-refractivity contribution in [2.45, 2.75) is 58.0 Å². The number of benzene rings is 1. The van der Waals surface area contributed by atoms with E-state index in [0.717, 1.165) is 43.6 Å². The Balaban J connectivity index is 1.56. The second kappa shape index (κ2) is 7.17. The van der Waals surface area contributed by atoms with Gasteiger partial charge in [0.2, 0.25) is 0 Å². The van der Waals surface area contributed by atoms with Gasteiger partial charge in [0.1, 0.15) is 0 Å². The average molecular weight is 289 g/mol. The zero-order chi connectivity index (χ0) is 14.5. The summed E-state index contributed by atoms with van der Waals surface area (Å²) in [6.45, 7) is 4.75. The van der Waals surface area contributed by atoms with Gasteiger partial charge in [0.25, 0.3) is 0 Å². The van der Waals surface area contributed by atoms with Crippen LogP contribution < -0.4 is 14.8 Å². The molecule has 0 spiro atoms. The SMILES string of the molecule is CCC1CCCC(NCc2ccc3c(c2)OCCCO3)C1. The van der Waals surface area contributed by atoms with Gasteiger partial charge >= 0.3 is 0 Å². The summed E-state index contributed by atoms with van der Waals surface area (Å²) >= 11 is 0. The lowest BCUT2D eigenvalue weighted by atomic mass is 9.84. The van der Waals surface area contributed by atoms with Gasteiger partial charge in [-0.05, 0) is 36.5 Å². The molecule has 1 N–H and O–H groups in total. The highest BCUT2D eigenvalue weighted by Crippen LogP contribution is 2.31. The van der Waals surface area contributed by atoms with Gasteiger partial charge < -0.3 is 14.8 Å². The van der Waals surface area contributed by atoms with Crippen LogP contribution in [0.4, 0.5) is 0 Å². The maximum Gasteiger partial charge on any atom is 0.161 e. The molecule has 21 heavy (non-hydrogen) atoms. The van der Waals surface area contributed by atoms with Gasteiger partial charge in [-0.3, -0.25) is 0 Å². The fourth-order valence-electron chi connectivity index (χ4n) is 3.43. The third kappa shape index (κ3) is 3.91. The van der Waals surface area contributed by atoms with E-state index < -0.39 is 0 Å². The molecule has 1 aromatic rings. The van der Waals surface area contributed by atoms with Crippen molar-refractivity contribution in [3.63, 3.8) is 0 Å². The molecule has 1 aliphatic carbocycles. The van der Waals surface area contributed by atoms with Gasteiger partial charge in [-0.2, -0.15) is 0 Å². The van der Waals surface area contributed by atoms with Crippen LogP contribution in [0.2, 0.25) is 0 Å². The Bertz CT molecular complexity index is 461. The zero-order valence-corrected chi connectivity index (χ0v) is 13.1. The van der Waals surface area contributed by atoms with Crippen LogP contribution >= 0.6 is 0 Å². The second-order valence-electron chi connectivity index (χ2n) is 6.35. The van der Waals surface area contributed by atoms with E-state index in [-0.39, 0.29) is 0 Å². The predicted molar refractivity (Wildman–Crippen MR) is 84.9 cm³/mol. The van der Waals surface area contributed by atoms with E-state index in [2.05, 4.69) is 24.4 Å². The number of hydrogen-bond acceptors (Lipinski definition) is 3. The maximum absolute atomic E-state index is 5.76. The Hall–Kier alpha value is -1.22. The van der Waals surface area contributed by atoms with Crippen LogP contribution in [0.3, 0.4) is 0 Å². The van der Waals surface area contributed by atoms with Gasteiger partial charge in [-0.15, -0.1) is 0 Å². The monoisotopic (exact) mass is 289 g/mol. The van der Waals surface area contributed by atoms with E-state index in [1.807, 2.05) is 6.07 Å². The first-order valence-corrected chi connectivity index (χ1v) is 8.47. The normalized spacial score (nSPS) is 25.4. The molecule has 0 aromatic heterocycles. The first kappa shape index (κ1) is 14.7. The highest BCUT2D eigenvalue weighted by atomic mass is 16.5. The molecular formula is C18H27NO2. The molecule has 0 bridgehead atoms. The van der Waals surface area contributed by atoms with Crippen molar-refractivity contribution in [1.82, 2.24) is 5.32 Å². The topological polar surface area (TPSA) is 30.5 Å². The molecule has 3 heteroatoms. The molecule has 1 aromatic carbocycles. The van der Waals surface area contributed by atoms with Gasteiger partial charge in [-0.25, -0.2) is 0 Å². The standard InChI is InChI=1S/C18H27NO2/c1-2-14-5-3-6-16(11-14)19-13-15-7-8-17-18(12-15)21-10-4-9-20-17/h7-8,12,14,16,19H,2-6,9-11,13H2,1H3. The molecule has 3 nitrogen and oxygen atoms in total. The van der Waals surface area contributed by atoms with Crippen LogP contribution in [0.15, 0.2) is 18.2 Å². The minimum Gasteiger partial charge on any atom is -0.490 e. The van der Waals surface area contributed by atoms with Gasteiger partial charge in [0.05, 0.1) is 13.2 Å². The summed E-state index contributed by atoms with van der Waals surface area (Å²) in [5.74, 6) is 2.71. The van der Waals surface area contributed by atoms with Crippen LogP contribution in [-0.4, -0.2) is 19.3 Å². The van der Waals surface area contributed by atoms with Crippen LogP contribution in [0.25, 0.3) is 0 Å². The molecule has 1 fully saturated rings. The highest BCUT2D eigenvalue weighted by molar-refractivity contribution is 5.43. The molecule has 0 saturated heterocycles. The lowest BCUT2D eigenvalue weighted by molar-refractivity contribution is 0.278. The molecule has 116 valence electrons. The molecule has 3 rings (SSSR count). The van der Waals surface area contributed by atoms with Crippen molar-refractivity contribution in [1.29, 1.82) is 0 Å². The van der Waals surface area contributed by atoms with Crippen LogP contribution in [-0.2, 0) is 6.54 Å². The van der Waals surface area contributed by atoms with E-state index in [1.165, 1.54) is 37.7 Å². The van der Waals surface area contributed by atoms with Crippen molar-refractivity contribution in [2.75, 3.05) is 13.2 Å². The number of nitrogens with one attached hydrogen (secondary N) is 1. The molecule has 2 unspecified atom stereocenters. The van der Waals surface area contributed by atoms with E-state index in [0.29, 0.717) is 6.04 Å². The minimum atomic E-state index is 0.680. The molecular weight excluding hydrogens is 262 g/mol. The lowest BCUT2D eigenvalue weighted by Gasteiger charge is -2.29. The minimum absolute atomic E-state index is 0.680. The number of ether oxygens (including phenoxy) is 2. The fraction of sp³-hybridized carbons (Fsp3) is 0.667. The van der Waals surface area contributed by atoms with Gasteiger partial charge in [0, 0.05) is 19.0 Å². The van der Waals surface area contributed by atoms with Gasteiger partial charge in [0.15, 0.2) is 11.5 Å². The molecule has 1 aliphatic heterocycles. The molecule has 0 amide bonds. The largest absolute Gasteiger partial charge is 0.490 e. The summed E-state index contributed by atoms with van der Waals surface area (Å²) in [4.78, 5) is 0. The summed E-state index contributed by atoms with van der Waals surface area (Å²) < 4.78 is 11.4. The lowest BCUT2D eigenvalue weighted by Crippen LogP contribution is -2.33. The summed E-state index contributed by atoms with van der Waals surface area (Å²) in [7, 11) is 0. The van der Waals surface area contributed by atoms with Crippen molar-refractivity contribution in [2.24, 2.45) is 5.92 Å². The molecule has 1 saturated carbocycles. The average Bonchev–Trinajstić information content (AvgIpc) is 2.78. The Kier molecular flexibility index (Phi) is 5.02. The highest BCUT2D eigenvalue weighted by Gasteiger charge is 2.20. The van der Waals surface area contributed by atoms with E-state index in [4.69, 9.17) is 9.47 Å². The third-order valence-electron chi connectivity index (χ3n) is 4.77. The van der Waals surface area contributed by atoms with Crippen molar-refractivity contribution < 1.29 is 9.47 Å². The molecule has 2 atom stereocenters.